The summed E-state index contributed by atoms with van der Waals surface area (Å²) in [6, 6.07) is 15.3. The molecule has 180 valence electrons. The Morgan fingerprint density at radius 3 is 2.50 bits per heavy atom. The third-order valence-corrected chi connectivity index (χ3v) is 7.32. The molecule has 1 fully saturated rings. The highest BCUT2D eigenvalue weighted by atomic mass is 16.5. The van der Waals surface area contributed by atoms with Crippen LogP contribution in [0.15, 0.2) is 71.6 Å². The second-order valence-electron chi connectivity index (χ2n) is 9.52. The molecule has 7 heteroatoms. The normalized spacial score (nSPS) is 14.6. The number of benzene rings is 1. The summed E-state index contributed by atoms with van der Waals surface area (Å²) < 4.78 is 7.68. The van der Waals surface area contributed by atoms with Gasteiger partial charge in [-0.15, -0.1) is 0 Å². The number of hydrogen-bond donors (Lipinski definition) is 1. The molecule has 0 bridgehead atoms. The molecule has 4 heterocycles. The van der Waals surface area contributed by atoms with E-state index in [1.165, 1.54) is 6.42 Å². The lowest BCUT2D eigenvalue weighted by Gasteiger charge is -2.34. The van der Waals surface area contributed by atoms with Crippen molar-refractivity contribution in [1.29, 1.82) is 0 Å². The Kier molecular flexibility index (Phi) is 5.40. The third kappa shape index (κ3) is 3.68. The predicted molar refractivity (Wildman–Crippen MR) is 137 cm³/mol. The van der Waals surface area contributed by atoms with Crippen molar-refractivity contribution in [1.82, 2.24) is 19.7 Å². The van der Waals surface area contributed by atoms with Crippen molar-refractivity contribution >= 4 is 17.0 Å². The molecule has 1 saturated carbocycles. The Hall–Kier alpha value is -4.26. The Labute approximate surface area is 208 Å². The Morgan fingerprint density at radius 2 is 1.89 bits per heavy atom. The molecule has 0 spiro atoms. The largest absolute Gasteiger partial charge is 0.478 e. The molecular weight excluding hydrogens is 452 g/mol. The number of aryl methyl sites for hydroxylation is 2. The predicted octanol–water partition coefficient (Wildman–Crippen LogP) is 6.46. The molecule has 1 aliphatic carbocycles. The van der Waals surface area contributed by atoms with Crippen molar-refractivity contribution in [2.24, 2.45) is 5.92 Å². The van der Waals surface area contributed by atoms with Crippen LogP contribution in [0.2, 0.25) is 0 Å². The summed E-state index contributed by atoms with van der Waals surface area (Å²) in [6.07, 6.45) is 9.42. The fourth-order valence-corrected chi connectivity index (χ4v) is 5.32. The maximum Gasteiger partial charge on any atom is 0.335 e. The van der Waals surface area contributed by atoms with Gasteiger partial charge in [-0.05, 0) is 68.5 Å². The van der Waals surface area contributed by atoms with Crippen LogP contribution in [0.4, 0.5) is 0 Å². The van der Waals surface area contributed by atoms with Gasteiger partial charge in [0.15, 0.2) is 0 Å². The van der Waals surface area contributed by atoms with Crippen molar-refractivity contribution in [2.45, 2.75) is 39.2 Å². The van der Waals surface area contributed by atoms with Gasteiger partial charge < -0.3 is 14.2 Å². The van der Waals surface area contributed by atoms with Crippen LogP contribution >= 0.6 is 0 Å². The van der Waals surface area contributed by atoms with Gasteiger partial charge in [-0.3, -0.25) is 4.98 Å². The van der Waals surface area contributed by atoms with E-state index in [0.717, 1.165) is 63.3 Å². The summed E-state index contributed by atoms with van der Waals surface area (Å²) >= 11 is 0. The monoisotopic (exact) mass is 478 g/mol. The van der Waals surface area contributed by atoms with E-state index >= 15 is 0 Å². The van der Waals surface area contributed by atoms with Gasteiger partial charge in [0.2, 0.25) is 0 Å². The van der Waals surface area contributed by atoms with Gasteiger partial charge in [0.05, 0.1) is 23.0 Å². The average molecular weight is 479 g/mol. The zero-order valence-corrected chi connectivity index (χ0v) is 20.2. The topological polar surface area (TPSA) is 94.0 Å². The highest BCUT2D eigenvalue weighted by Gasteiger charge is 2.32. The number of carboxylic acid groups (broad SMARTS) is 1. The number of carbonyl (C=O) groups is 1. The highest BCUT2D eigenvalue weighted by molar-refractivity contribution is 5.97. The van der Waals surface area contributed by atoms with Crippen molar-refractivity contribution < 1.29 is 14.4 Å². The first-order valence-electron chi connectivity index (χ1n) is 12.2. The third-order valence-electron chi connectivity index (χ3n) is 7.32. The summed E-state index contributed by atoms with van der Waals surface area (Å²) in [5.74, 6) is 0.301. The molecule has 7 nitrogen and oxygen atoms in total. The first kappa shape index (κ1) is 22.2. The smallest absolute Gasteiger partial charge is 0.335 e. The van der Waals surface area contributed by atoms with Crippen LogP contribution in [0.1, 0.15) is 52.8 Å². The van der Waals surface area contributed by atoms with E-state index in [4.69, 9.17) is 14.5 Å². The number of pyridine rings is 2. The zero-order valence-electron chi connectivity index (χ0n) is 20.2. The van der Waals surface area contributed by atoms with Crippen LogP contribution in [-0.4, -0.2) is 30.8 Å². The number of fused-ring (bicyclic) bond motifs is 1. The van der Waals surface area contributed by atoms with Gasteiger partial charge in [-0.25, -0.2) is 9.78 Å². The molecule has 0 amide bonds. The Morgan fingerprint density at radius 1 is 1.08 bits per heavy atom. The minimum Gasteiger partial charge on any atom is -0.478 e. The molecule has 6 rings (SSSR count). The van der Waals surface area contributed by atoms with Crippen molar-refractivity contribution in [2.75, 3.05) is 0 Å². The van der Waals surface area contributed by atoms with Crippen LogP contribution in [0, 0.1) is 19.8 Å². The molecule has 4 aromatic heterocycles. The van der Waals surface area contributed by atoms with E-state index in [-0.39, 0.29) is 11.6 Å². The van der Waals surface area contributed by atoms with E-state index in [1.54, 1.807) is 12.1 Å². The van der Waals surface area contributed by atoms with E-state index in [9.17, 15) is 9.90 Å². The number of carboxylic acids is 1. The fraction of sp³-hybridized carbons (Fsp3) is 0.241. The number of hydrogen-bond acceptors (Lipinski definition) is 5. The first-order chi connectivity index (χ1) is 17.5. The standard InChI is InChI=1S/C29H26N4O3/c1-17-26(18(2)36-32-17)22-14-23-24(19-9-11-21(12-10-19)29(34)35)16-33(28(23)31-15-22)27(20-6-5-7-20)25-8-3-4-13-30-25/h3-4,8-16,20,27H,5-7H2,1-2H3,(H,34,35). The highest BCUT2D eigenvalue weighted by Crippen LogP contribution is 2.43. The van der Waals surface area contributed by atoms with Crippen molar-refractivity contribution in [3.8, 4) is 22.3 Å². The first-order valence-corrected chi connectivity index (χ1v) is 12.2. The second kappa shape index (κ2) is 8.75. The van der Waals surface area contributed by atoms with Gasteiger partial charge in [0.25, 0.3) is 0 Å². The fourth-order valence-electron chi connectivity index (χ4n) is 5.32. The van der Waals surface area contributed by atoms with Crippen LogP contribution in [0.3, 0.4) is 0 Å². The molecule has 0 saturated heterocycles. The lowest BCUT2D eigenvalue weighted by Crippen LogP contribution is -2.26. The maximum absolute atomic E-state index is 11.4. The summed E-state index contributed by atoms with van der Waals surface area (Å²) in [5, 5.41) is 14.5. The molecule has 0 radical (unpaired) electrons. The van der Waals surface area contributed by atoms with Crippen LogP contribution in [0.5, 0.6) is 0 Å². The van der Waals surface area contributed by atoms with Gasteiger partial charge >= 0.3 is 5.97 Å². The molecule has 5 aromatic rings. The number of rotatable bonds is 6. The van der Waals surface area contributed by atoms with Crippen molar-refractivity contribution in [3.63, 3.8) is 0 Å². The quantitative estimate of drug-likeness (QED) is 0.301. The lowest BCUT2D eigenvalue weighted by atomic mass is 9.78. The van der Waals surface area contributed by atoms with Crippen molar-refractivity contribution in [3.05, 3.63) is 89.8 Å². The lowest BCUT2D eigenvalue weighted by molar-refractivity contribution is 0.0697. The van der Waals surface area contributed by atoms with E-state index < -0.39 is 5.97 Å². The molecule has 36 heavy (non-hydrogen) atoms. The summed E-state index contributed by atoms with van der Waals surface area (Å²) in [4.78, 5) is 21.1. The van der Waals surface area contributed by atoms with Crippen LogP contribution in [0.25, 0.3) is 33.3 Å². The second-order valence-corrected chi connectivity index (χ2v) is 9.52. The number of aromatic carboxylic acids is 1. The van der Waals surface area contributed by atoms with Crippen LogP contribution < -0.4 is 0 Å². The molecule has 1 unspecified atom stereocenters. The molecule has 1 N–H and O–H groups in total. The Balaban J connectivity index is 1.58. The van der Waals surface area contributed by atoms with Gasteiger partial charge in [-0.2, -0.15) is 0 Å². The molecular formula is C29H26N4O3. The summed E-state index contributed by atoms with van der Waals surface area (Å²) in [7, 11) is 0. The Bertz CT molecular complexity index is 1540. The molecule has 1 atom stereocenters. The minimum absolute atomic E-state index is 0.0758. The van der Waals surface area contributed by atoms with Gasteiger partial charge in [0.1, 0.15) is 11.4 Å². The number of aromatic nitrogens is 4. The SMILES string of the molecule is Cc1noc(C)c1-c1cnc2c(c1)c(-c1ccc(C(=O)O)cc1)cn2C(c1ccccn1)C1CCC1. The zero-order chi connectivity index (χ0) is 24.8. The van der Waals surface area contributed by atoms with E-state index in [2.05, 4.69) is 28.1 Å². The average Bonchev–Trinajstić information content (AvgIpc) is 3.40. The van der Waals surface area contributed by atoms with E-state index in [0.29, 0.717) is 5.92 Å². The van der Waals surface area contributed by atoms with E-state index in [1.807, 2.05) is 50.5 Å². The molecule has 1 aliphatic rings. The summed E-state index contributed by atoms with van der Waals surface area (Å²) in [5.41, 5.74) is 6.83. The van der Waals surface area contributed by atoms with Gasteiger partial charge in [-0.1, -0.05) is 29.8 Å². The van der Waals surface area contributed by atoms with Gasteiger partial charge in [0, 0.05) is 40.7 Å². The maximum atomic E-state index is 11.4. The van der Waals surface area contributed by atoms with Crippen LogP contribution in [-0.2, 0) is 0 Å². The molecule has 0 aliphatic heterocycles. The number of nitrogens with zero attached hydrogens (tertiary/aromatic N) is 4. The summed E-state index contributed by atoms with van der Waals surface area (Å²) in [6.45, 7) is 3.84. The minimum atomic E-state index is -0.938. The molecule has 1 aromatic carbocycles.